The number of rotatable bonds is 16. The van der Waals surface area contributed by atoms with Crippen LogP contribution in [-0.2, 0) is 46.8 Å². The highest BCUT2D eigenvalue weighted by molar-refractivity contribution is 7.90. The molecule has 0 saturated heterocycles. The Balaban J connectivity index is 1.68. The molecule has 3 atom stereocenters. The van der Waals surface area contributed by atoms with Crippen molar-refractivity contribution in [2.45, 2.75) is 77.5 Å². The van der Waals surface area contributed by atoms with Crippen LogP contribution in [0.25, 0.3) is 5.57 Å². The van der Waals surface area contributed by atoms with Crippen LogP contribution in [0.3, 0.4) is 0 Å². The van der Waals surface area contributed by atoms with E-state index < -0.39 is 63.1 Å². The number of hydrogen-bond acceptors (Lipinski definition) is 7. The highest BCUT2D eigenvalue weighted by Gasteiger charge is 2.32. The molecule has 0 spiro atoms. The average Bonchev–Trinajstić information content (AvgIpc) is 3.35. The van der Waals surface area contributed by atoms with Gasteiger partial charge in [-0.2, -0.15) is 0 Å². The average molecular weight is 639 g/mol. The number of unbranched alkanes of at least 4 members (excludes halogenated alkanes) is 1. The van der Waals surface area contributed by atoms with Crippen molar-refractivity contribution < 1.29 is 32.4 Å². The molecule has 12 heteroatoms. The molecule has 0 aliphatic heterocycles. The van der Waals surface area contributed by atoms with Gasteiger partial charge in [0.25, 0.3) is 5.91 Å². The molecular formula is C33H42N4O7S. The Morgan fingerprint density at radius 2 is 1.49 bits per heavy atom. The fourth-order valence-corrected chi connectivity index (χ4v) is 5.66. The van der Waals surface area contributed by atoms with Gasteiger partial charge in [-0.1, -0.05) is 74.4 Å². The number of allylic oxidation sites excluding steroid dienone is 1. The van der Waals surface area contributed by atoms with Crippen molar-refractivity contribution in [2.75, 3.05) is 12.0 Å². The minimum Gasteiger partial charge on any atom is -0.345 e. The van der Waals surface area contributed by atoms with Crippen LogP contribution >= 0.6 is 0 Å². The molecule has 0 unspecified atom stereocenters. The van der Waals surface area contributed by atoms with Crippen LogP contribution in [0, 0.1) is 0 Å². The zero-order chi connectivity index (χ0) is 33.1. The Morgan fingerprint density at radius 1 is 0.844 bits per heavy atom. The quantitative estimate of drug-likeness (QED) is 0.204. The van der Waals surface area contributed by atoms with Crippen LogP contribution < -0.4 is 21.3 Å². The molecule has 45 heavy (non-hydrogen) atoms. The first-order valence-electron chi connectivity index (χ1n) is 15.0. The highest BCUT2D eigenvalue weighted by Crippen LogP contribution is 2.32. The Labute approximate surface area is 264 Å². The first-order chi connectivity index (χ1) is 21.3. The van der Waals surface area contributed by atoms with E-state index in [9.17, 15) is 32.4 Å². The molecule has 11 nitrogen and oxygen atoms in total. The van der Waals surface area contributed by atoms with Gasteiger partial charge in [0, 0.05) is 24.8 Å². The molecule has 3 rings (SSSR count). The Kier molecular flexibility index (Phi) is 12.6. The zero-order valence-electron chi connectivity index (χ0n) is 26.1. The van der Waals surface area contributed by atoms with Gasteiger partial charge < -0.3 is 21.3 Å². The molecule has 1 aliphatic carbocycles. The zero-order valence-corrected chi connectivity index (χ0v) is 27.0. The summed E-state index contributed by atoms with van der Waals surface area (Å²) < 4.78 is 23.9. The van der Waals surface area contributed by atoms with Gasteiger partial charge in [0.1, 0.15) is 21.9 Å². The second-order valence-electron chi connectivity index (χ2n) is 11.3. The van der Waals surface area contributed by atoms with Gasteiger partial charge in [-0.15, -0.1) is 0 Å². The van der Waals surface area contributed by atoms with Crippen molar-refractivity contribution in [1.29, 1.82) is 0 Å². The topological polar surface area (TPSA) is 168 Å². The van der Waals surface area contributed by atoms with Gasteiger partial charge in [0.15, 0.2) is 0 Å². The summed E-state index contributed by atoms with van der Waals surface area (Å²) in [4.78, 5) is 65.4. The van der Waals surface area contributed by atoms with Crippen LogP contribution in [0.4, 0.5) is 0 Å². The third-order valence-electron chi connectivity index (χ3n) is 7.67. The van der Waals surface area contributed by atoms with Gasteiger partial charge in [0.2, 0.25) is 23.5 Å². The molecule has 0 fully saturated rings. The number of ketones is 1. The molecule has 4 N–H and O–H groups in total. The normalized spacial score (nSPS) is 14.5. The van der Waals surface area contributed by atoms with Gasteiger partial charge in [0.05, 0.1) is 11.8 Å². The Bertz CT molecular complexity index is 1550. The molecule has 2 aromatic rings. The minimum absolute atomic E-state index is 0.124. The van der Waals surface area contributed by atoms with E-state index in [-0.39, 0.29) is 19.4 Å². The summed E-state index contributed by atoms with van der Waals surface area (Å²) in [5.41, 5.74) is 4.12. The Morgan fingerprint density at radius 3 is 2.13 bits per heavy atom. The highest BCUT2D eigenvalue weighted by atomic mass is 32.2. The van der Waals surface area contributed by atoms with Gasteiger partial charge in [-0.25, -0.2) is 8.42 Å². The molecule has 1 aliphatic rings. The molecule has 0 saturated carbocycles. The number of Topliss-reactive ketones (excluding diaryl/α,β-unsaturated/α-hetero) is 1. The summed E-state index contributed by atoms with van der Waals surface area (Å²) in [5, 5.41) is 10.3. The second-order valence-corrected chi connectivity index (χ2v) is 13.6. The molecule has 0 radical (unpaired) electrons. The largest absolute Gasteiger partial charge is 0.345 e. The van der Waals surface area contributed by atoms with E-state index in [0.717, 1.165) is 28.5 Å². The minimum atomic E-state index is -3.52. The smallest absolute Gasteiger partial charge is 0.289 e. The second kappa shape index (κ2) is 16.1. The molecule has 0 heterocycles. The van der Waals surface area contributed by atoms with Crippen LogP contribution in [0.15, 0.2) is 60.2 Å². The van der Waals surface area contributed by atoms with E-state index in [0.29, 0.717) is 24.8 Å². The van der Waals surface area contributed by atoms with E-state index in [1.54, 1.807) is 24.3 Å². The molecule has 242 valence electrons. The Hall–Kier alpha value is -4.32. The van der Waals surface area contributed by atoms with Crippen LogP contribution in [0.2, 0.25) is 0 Å². The maximum Gasteiger partial charge on any atom is 0.289 e. The van der Waals surface area contributed by atoms with E-state index in [2.05, 4.69) is 21.3 Å². The van der Waals surface area contributed by atoms with E-state index in [1.165, 1.54) is 6.92 Å². The first-order valence-corrected chi connectivity index (χ1v) is 17.1. The maximum atomic E-state index is 13.4. The SMILES string of the molecule is CCCC[C@H](NC(=O)[C@H](CCS(C)(=O)=O)NC(=O)[C@H](C)NC(=O)C1=C(C)c2ccccc2C1)C(=O)C(=O)NCc1ccccc1. The van der Waals surface area contributed by atoms with Crippen LogP contribution in [0.5, 0.6) is 0 Å². The third kappa shape index (κ3) is 10.4. The van der Waals surface area contributed by atoms with Crippen molar-refractivity contribution in [3.63, 3.8) is 0 Å². The van der Waals surface area contributed by atoms with Crippen molar-refractivity contribution in [3.05, 3.63) is 76.9 Å². The monoisotopic (exact) mass is 638 g/mol. The number of fused-ring (bicyclic) bond motifs is 1. The fourth-order valence-electron chi connectivity index (χ4n) is 5.00. The lowest BCUT2D eigenvalue weighted by molar-refractivity contribution is -0.140. The first kappa shape index (κ1) is 35.2. The van der Waals surface area contributed by atoms with Crippen molar-refractivity contribution in [1.82, 2.24) is 21.3 Å². The van der Waals surface area contributed by atoms with E-state index in [1.807, 2.05) is 44.2 Å². The predicted molar refractivity (Wildman–Crippen MR) is 171 cm³/mol. The van der Waals surface area contributed by atoms with Crippen LogP contribution in [-0.4, -0.2) is 68.0 Å². The molecule has 0 aromatic heterocycles. The fraction of sp³-hybridized carbons (Fsp3) is 0.424. The van der Waals surface area contributed by atoms with Crippen molar-refractivity contribution >= 4 is 44.8 Å². The molecule has 0 bridgehead atoms. The summed E-state index contributed by atoms with van der Waals surface area (Å²) in [7, 11) is -3.52. The summed E-state index contributed by atoms with van der Waals surface area (Å²) in [6.45, 7) is 5.32. The predicted octanol–water partition coefficient (Wildman–Crippen LogP) is 2.00. The van der Waals surface area contributed by atoms with E-state index in [4.69, 9.17) is 0 Å². The lowest BCUT2D eigenvalue weighted by Crippen LogP contribution is -2.56. The lowest BCUT2D eigenvalue weighted by Gasteiger charge is -2.24. The summed E-state index contributed by atoms with van der Waals surface area (Å²) >= 11 is 0. The van der Waals surface area contributed by atoms with Crippen molar-refractivity contribution in [2.24, 2.45) is 0 Å². The number of amides is 4. The molecular weight excluding hydrogens is 596 g/mol. The van der Waals surface area contributed by atoms with Crippen LogP contribution in [0.1, 0.15) is 63.1 Å². The third-order valence-corrected chi connectivity index (χ3v) is 8.64. The van der Waals surface area contributed by atoms with Crippen molar-refractivity contribution in [3.8, 4) is 0 Å². The maximum absolute atomic E-state index is 13.4. The molecule has 4 amide bonds. The number of carbonyl (C=O) groups excluding carboxylic acids is 5. The standard InChI is InChI=1S/C33H42N4O7S/c1-5-6-16-27(29(38)33(42)34-20-23-12-8-7-9-13-23)36-32(41)28(17-18-45(4,43)44)37-30(39)22(3)35-31(40)26-19-24-14-10-11-15-25(24)21(26)2/h7-15,22,27-28H,5-6,16-20H2,1-4H3,(H,34,42)(H,35,40)(H,36,41)(H,37,39)/t22-,27-,28-/m0/s1. The number of sulfone groups is 1. The number of benzene rings is 2. The van der Waals surface area contributed by atoms with Gasteiger partial charge >= 0.3 is 0 Å². The number of carbonyl (C=O) groups is 5. The van der Waals surface area contributed by atoms with E-state index >= 15 is 0 Å². The summed E-state index contributed by atoms with van der Waals surface area (Å²) in [5.74, 6) is -4.06. The molecule has 2 aromatic carbocycles. The summed E-state index contributed by atoms with van der Waals surface area (Å²) in [6.07, 6.45) is 2.56. The number of hydrogen-bond donors (Lipinski definition) is 4. The van der Waals surface area contributed by atoms with Gasteiger partial charge in [-0.05, 0) is 49.0 Å². The lowest BCUT2D eigenvalue weighted by atomic mass is 10.0. The number of nitrogens with one attached hydrogen (secondary N) is 4. The van der Waals surface area contributed by atoms with Gasteiger partial charge in [-0.3, -0.25) is 24.0 Å². The summed E-state index contributed by atoms with van der Waals surface area (Å²) in [6, 6.07) is 13.1.